The van der Waals surface area contributed by atoms with Gasteiger partial charge in [-0.15, -0.1) is 0 Å². The predicted molar refractivity (Wildman–Crippen MR) is 81.3 cm³/mol. The fourth-order valence-electron chi connectivity index (χ4n) is 2.37. The third kappa shape index (κ3) is 4.56. The summed E-state index contributed by atoms with van der Waals surface area (Å²) in [4.78, 5) is 11.8. The second kappa shape index (κ2) is 7.76. The van der Waals surface area contributed by atoms with E-state index in [4.69, 9.17) is 16.3 Å². The summed E-state index contributed by atoms with van der Waals surface area (Å²) in [7, 11) is 0. The Balaban J connectivity index is 1.78. The van der Waals surface area contributed by atoms with Gasteiger partial charge < -0.3 is 20.5 Å². The molecule has 0 unspecified atom stereocenters. The van der Waals surface area contributed by atoms with Gasteiger partial charge in [-0.2, -0.15) is 0 Å². The molecule has 1 aromatic carbocycles. The Morgan fingerprint density at radius 2 is 2.36 bits per heavy atom. The minimum atomic E-state index is -1.00. The van der Waals surface area contributed by atoms with Gasteiger partial charge in [-0.05, 0) is 37.5 Å². The van der Waals surface area contributed by atoms with E-state index in [1.54, 1.807) is 0 Å². The Hall–Kier alpha value is -1.37. The fraction of sp³-hybridized carbons (Fsp3) is 0.533. The van der Waals surface area contributed by atoms with E-state index in [-0.39, 0.29) is 23.7 Å². The monoisotopic (exact) mass is 330 g/mol. The van der Waals surface area contributed by atoms with Crippen LogP contribution in [0.3, 0.4) is 0 Å². The zero-order chi connectivity index (χ0) is 16.1. The highest BCUT2D eigenvalue weighted by Crippen LogP contribution is 2.20. The van der Waals surface area contributed by atoms with Crippen LogP contribution in [0.5, 0.6) is 0 Å². The number of halogens is 2. The highest BCUT2D eigenvalue weighted by molar-refractivity contribution is 6.30. The Morgan fingerprint density at radius 1 is 1.59 bits per heavy atom. The summed E-state index contributed by atoms with van der Waals surface area (Å²) in [6.07, 6.45) is 0.949. The summed E-state index contributed by atoms with van der Waals surface area (Å²) < 4.78 is 18.8. The Kier molecular flexibility index (Phi) is 5.99. The van der Waals surface area contributed by atoms with Gasteiger partial charge in [-0.3, -0.25) is 0 Å². The number of rotatable bonds is 5. The third-order valence-electron chi connectivity index (χ3n) is 3.67. The standard InChI is InChI=1S/C15H20ClFN2O3/c1-9(14-3-2-6-22-14)19-15(21)18-8-13(20)10-4-5-11(16)12(17)7-10/h4-5,7,9,13-14,20H,2-3,6,8H2,1H3,(H2,18,19,21)/t9-,13+,14+/m1/s1. The van der Waals surface area contributed by atoms with E-state index in [9.17, 15) is 14.3 Å². The number of urea groups is 1. The number of amides is 2. The maximum atomic E-state index is 13.3. The second-order valence-electron chi connectivity index (χ2n) is 5.38. The van der Waals surface area contributed by atoms with E-state index in [1.165, 1.54) is 12.1 Å². The van der Waals surface area contributed by atoms with Crippen LogP contribution in [-0.2, 0) is 4.74 Å². The van der Waals surface area contributed by atoms with E-state index < -0.39 is 18.0 Å². The van der Waals surface area contributed by atoms with Crippen molar-refractivity contribution in [3.8, 4) is 0 Å². The lowest BCUT2D eigenvalue weighted by molar-refractivity contribution is 0.0856. The van der Waals surface area contributed by atoms with Gasteiger partial charge in [0.05, 0.1) is 23.3 Å². The molecule has 7 heteroatoms. The van der Waals surface area contributed by atoms with Crippen molar-refractivity contribution in [1.29, 1.82) is 0 Å². The van der Waals surface area contributed by atoms with Gasteiger partial charge in [0.15, 0.2) is 0 Å². The Labute approximate surface area is 133 Å². The molecule has 0 aliphatic carbocycles. The highest BCUT2D eigenvalue weighted by Gasteiger charge is 2.23. The molecule has 5 nitrogen and oxygen atoms in total. The summed E-state index contributed by atoms with van der Waals surface area (Å²) in [5.41, 5.74) is 0.356. The van der Waals surface area contributed by atoms with Crippen molar-refractivity contribution in [2.45, 2.75) is 38.0 Å². The number of carbonyl (C=O) groups is 1. The molecule has 1 aliphatic rings. The lowest BCUT2D eigenvalue weighted by atomic mass is 10.1. The van der Waals surface area contributed by atoms with E-state index >= 15 is 0 Å². The predicted octanol–water partition coefficient (Wildman–Crippen LogP) is 2.38. The first kappa shape index (κ1) is 17.0. The summed E-state index contributed by atoms with van der Waals surface area (Å²) >= 11 is 5.58. The lowest BCUT2D eigenvalue weighted by Gasteiger charge is -2.21. The van der Waals surface area contributed by atoms with Crippen molar-refractivity contribution < 1.29 is 19.0 Å². The average molecular weight is 331 g/mol. The number of ether oxygens (including phenoxy) is 1. The number of hydrogen-bond donors (Lipinski definition) is 3. The summed E-state index contributed by atoms with van der Waals surface area (Å²) in [6, 6.07) is 3.55. The highest BCUT2D eigenvalue weighted by atomic mass is 35.5. The van der Waals surface area contributed by atoms with E-state index in [0.717, 1.165) is 25.5 Å². The minimum absolute atomic E-state index is 0.00737. The third-order valence-corrected chi connectivity index (χ3v) is 3.97. The van der Waals surface area contributed by atoms with E-state index in [0.29, 0.717) is 5.56 Å². The van der Waals surface area contributed by atoms with Crippen molar-refractivity contribution in [3.05, 3.63) is 34.6 Å². The van der Waals surface area contributed by atoms with Gasteiger partial charge in [0.25, 0.3) is 0 Å². The van der Waals surface area contributed by atoms with Gasteiger partial charge in [-0.25, -0.2) is 9.18 Å². The molecule has 1 fully saturated rings. The normalized spacial score (nSPS) is 20.5. The molecule has 1 aliphatic heterocycles. The number of nitrogens with one attached hydrogen (secondary N) is 2. The summed E-state index contributed by atoms with van der Waals surface area (Å²) in [5.74, 6) is -0.602. The smallest absolute Gasteiger partial charge is 0.315 e. The number of aliphatic hydroxyl groups excluding tert-OH is 1. The molecule has 0 saturated carbocycles. The first-order chi connectivity index (χ1) is 10.5. The fourth-order valence-corrected chi connectivity index (χ4v) is 2.49. The largest absolute Gasteiger partial charge is 0.387 e. The molecule has 1 aromatic rings. The zero-order valence-corrected chi connectivity index (χ0v) is 13.1. The van der Waals surface area contributed by atoms with Crippen LogP contribution in [0.25, 0.3) is 0 Å². The van der Waals surface area contributed by atoms with Crippen molar-refractivity contribution in [2.75, 3.05) is 13.2 Å². The van der Waals surface area contributed by atoms with Crippen LogP contribution in [-0.4, -0.2) is 36.4 Å². The maximum Gasteiger partial charge on any atom is 0.315 e. The molecule has 122 valence electrons. The van der Waals surface area contributed by atoms with Crippen LogP contribution in [0.2, 0.25) is 5.02 Å². The molecule has 1 saturated heterocycles. The molecule has 2 amide bonds. The quantitative estimate of drug-likeness (QED) is 0.776. The lowest BCUT2D eigenvalue weighted by Crippen LogP contribution is -2.46. The molecule has 0 bridgehead atoms. The van der Waals surface area contributed by atoms with Crippen molar-refractivity contribution in [3.63, 3.8) is 0 Å². The first-order valence-corrected chi connectivity index (χ1v) is 7.64. The second-order valence-corrected chi connectivity index (χ2v) is 5.79. The summed E-state index contributed by atoms with van der Waals surface area (Å²) in [5, 5.41) is 15.3. The average Bonchev–Trinajstić information content (AvgIpc) is 3.02. The van der Waals surface area contributed by atoms with Crippen LogP contribution >= 0.6 is 11.6 Å². The Morgan fingerprint density at radius 3 is 3.00 bits per heavy atom. The molecule has 0 radical (unpaired) electrons. The molecule has 2 rings (SSSR count). The van der Waals surface area contributed by atoms with Crippen LogP contribution in [0.15, 0.2) is 18.2 Å². The molecule has 3 N–H and O–H groups in total. The maximum absolute atomic E-state index is 13.3. The van der Waals surface area contributed by atoms with Crippen LogP contribution in [0, 0.1) is 5.82 Å². The number of aliphatic hydroxyl groups is 1. The van der Waals surface area contributed by atoms with Gasteiger partial charge in [0.1, 0.15) is 5.82 Å². The van der Waals surface area contributed by atoms with Gasteiger partial charge in [0.2, 0.25) is 0 Å². The van der Waals surface area contributed by atoms with Gasteiger partial charge in [-0.1, -0.05) is 17.7 Å². The van der Waals surface area contributed by atoms with Crippen molar-refractivity contribution in [2.24, 2.45) is 0 Å². The molecular weight excluding hydrogens is 311 g/mol. The molecule has 0 spiro atoms. The number of hydrogen-bond acceptors (Lipinski definition) is 3. The molecule has 0 aromatic heterocycles. The van der Waals surface area contributed by atoms with Crippen molar-refractivity contribution in [1.82, 2.24) is 10.6 Å². The number of carbonyl (C=O) groups excluding carboxylic acids is 1. The van der Waals surface area contributed by atoms with Gasteiger partial charge >= 0.3 is 6.03 Å². The zero-order valence-electron chi connectivity index (χ0n) is 12.3. The molecule has 1 heterocycles. The van der Waals surface area contributed by atoms with Crippen LogP contribution in [0.1, 0.15) is 31.4 Å². The SMILES string of the molecule is C[C@@H](NC(=O)NC[C@H](O)c1ccc(Cl)c(F)c1)[C@@H]1CCCO1. The molecule has 22 heavy (non-hydrogen) atoms. The summed E-state index contributed by atoms with van der Waals surface area (Å²) in [6.45, 7) is 2.57. The molecule has 3 atom stereocenters. The van der Waals surface area contributed by atoms with Crippen LogP contribution in [0.4, 0.5) is 9.18 Å². The van der Waals surface area contributed by atoms with Crippen molar-refractivity contribution >= 4 is 17.6 Å². The topological polar surface area (TPSA) is 70.6 Å². The Bertz CT molecular complexity index is 524. The van der Waals surface area contributed by atoms with E-state index in [1.807, 2.05) is 6.92 Å². The molecular formula is C15H20ClFN2O3. The minimum Gasteiger partial charge on any atom is -0.387 e. The van der Waals surface area contributed by atoms with E-state index in [2.05, 4.69) is 10.6 Å². The van der Waals surface area contributed by atoms with Crippen LogP contribution < -0.4 is 10.6 Å². The first-order valence-electron chi connectivity index (χ1n) is 7.26. The number of benzene rings is 1. The van der Waals surface area contributed by atoms with Gasteiger partial charge in [0, 0.05) is 13.2 Å².